The quantitative estimate of drug-likeness (QED) is 0.769. The topological polar surface area (TPSA) is 42.7 Å². The molecule has 0 spiro atoms. The monoisotopic (exact) mass is 192 g/mol. The van der Waals surface area contributed by atoms with E-state index in [1.165, 1.54) is 25.0 Å². The molecule has 1 saturated heterocycles. The first kappa shape index (κ1) is 8.41. The van der Waals surface area contributed by atoms with Gasteiger partial charge in [0.05, 0.1) is 5.69 Å². The minimum atomic E-state index is 0.600. The van der Waals surface area contributed by atoms with Crippen molar-refractivity contribution in [3.8, 4) is 0 Å². The summed E-state index contributed by atoms with van der Waals surface area (Å²) in [5, 5.41) is 11.8. The van der Waals surface area contributed by atoms with Gasteiger partial charge < -0.3 is 5.32 Å². The number of hydrogen-bond acceptors (Lipinski definition) is 3. The van der Waals surface area contributed by atoms with Crippen LogP contribution in [0.3, 0.4) is 0 Å². The minimum Gasteiger partial charge on any atom is -0.316 e. The summed E-state index contributed by atoms with van der Waals surface area (Å²) in [5.41, 5.74) is 1.18. The van der Waals surface area contributed by atoms with Crippen molar-refractivity contribution in [2.45, 2.75) is 31.7 Å². The zero-order valence-corrected chi connectivity index (χ0v) is 8.32. The fourth-order valence-electron chi connectivity index (χ4n) is 2.06. The molecule has 2 aliphatic rings. The smallest absolute Gasteiger partial charge is 0.0871 e. The predicted molar refractivity (Wildman–Crippen MR) is 53.0 cm³/mol. The third-order valence-corrected chi connectivity index (χ3v) is 3.18. The molecule has 2 fully saturated rings. The van der Waals surface area contributed by atoms with Crippen LogP contribution in [0.4, 0.5) is 0 Å². The Bertz CT molecular complexity index is 310. The summed E-state index contributed by atoms with van der Waals surface area (Å²) in [6.07, 6.45) is 6.10. The van der Waals surface area contributed by atoms with Gasteiger partial charge in [-0.3, -0.25) is 4.68 Å². The third-order valence-electron chi connectivity index (χ3n) is 3.18. The molecular formula is C10H16N4. The highest BCUT2D eigenvalue weighted by atomic mass is 15.4. The molecule has 1 N–H and O–H groups in total. The number of rotatable bonds is 3. The predicted octanol–water partition coefficient (Wildman–Crippen LogP) is 0.765. The highest BCUT2D eigenvalue weighted by molar-refractivity contribution is 5.05. The molecule has 14 heavy (non-hydrogen) atoms. The lowest BCUT2D eigenvalue weighted by atomic mass is 10.1. The molecule has 1 aliphatic heterocycles. The van der Waals surface area contributed by atoms with Gasteiger partial charge in [-0.15, -0.1) is 5.10 Å². The van der Waals surface area contributed by atoms with E-state index in [-0.39, 0.29) is 0 Å². The van der Waals surface area contributed by atoms with Crippen molar-refractivity contribution in [3.63, 3.8) is 0 Å². The van der Waals surface area contributed by atoms with Crippen LogP contribution >= 0.6 is 0 Å². The fourth-order valence-corrected chi connectivity index (χ4v) is 2.06. The maximum absolute atomic E-state index is 4.25. The molecule has 1 atom stereocenters. The van der Waals surface area contributed by atoms with Crippen molar-refractivity contribution in [3.05, 3.63) is 11.9 Å². The van der Waals surface area contributed by atoms with E-state index in [0.717, 1.165) is 25.6 Å². The maximum atomic E-state index is 4.25. The van der Waals surface area contributed by atoms with Crippen molar-refractivity contribution in [2.24, 2.45) is 5.92 Å². The van der Waals surface area contributed by atoms with Crippen LogP contribution in [0, 0.1) is 5.92 Å². The minimum absolute atomic E-state index is 0.600. The van der Waals surface area contributed by atoms with Crippen LogP contribution in [0.1, 0.15) is 30.9 Å². The zero-order valence-electron chi connectivity index (χ0n) is 8.32. The van der Waals surface area contributed by atoms with Crippen LogP contribution < -0.4 is 5.32 Å². The van der Waals surface area contributed by atoms with E-state index in [0.29, 0.717) is 5.92 Å². The maximum Gasteiger partial charge on any atom is 0.0871 e. The van der Waals surface area contributed by atoms with Gasteiger partial charge in [-0.05, 0) is 31.7 Å². The molecule has 4 nitrogen and oxygen atoms in total. The van der Waals surface area contributed by atoms with E-state index < -0.39 is 0 Å². The van der Waals surface area contributed by atoms with E-state index in [1.54, 1.807) is 0 Å². The van der Waals surface area contributed by atoms with Crippen molar-refractivity contribution < 1.29 is 0 Å². The molecule has 76 valence electrons. The molecule has 1 unspecified atom stereocenters. The molecule has 3 rings (SSSR count). The highest BCUT2D eigenvalue weighted by Gasteiger charge is 2.24. The largest absolute Gasteiger partial charge is 0.316 e. The van der Waals surface area contributed by atoms with E-state index in [2.05, 4.69) is 21.8 Å². The van der Waals surface area contributed by atoms with E-state index >= 15 is 0 Å². The van der Waals surface area contributed by atoms with Gasteiger partial charge in [0.1, 0.15) is 0 Å². The van der Waals surface area contributed by atoms with E-state index in [4.69, 9.17) is 0 Å². The molecule has 4 heteroatoms. The lowest BCUT2D eigenvalue weighted by Crippen LogP contribution is -2.08. The van der Waals surface area contributed by atoms with Gasteiger partial charge in [-0.1, -0.05) is 5.21 Å². The Hall–Kier alpha value is -0.900. The number of nitrogens with zero attached hydrogens (tertiary/aromatic N) is 3. The second kappa shape index (κ2) is 3.35. The summed E-state index contributed by atoms with van der Waals surface area (Å²) in [6, 6.07) is 0. The summed E-state index contributed by atoms with van der Waals surface area (Å²) < 4.78 is 2.02. The Morgan fingerprint density at radius 2 is 2.36 bits per heavy atom. The average Bonchev–Trinajstić information content (AvgIpc) is 2.71. The molecule has 0 radical (unpaired) electrons. The zero-order chi connectivity index (χ0) is 9.38. The Labute approximate surface area is 83.7 Å². The SMILES string of the molecule is c1c(C2CCNC2)nnn1CC1CC1. The Kier molecular flexibility index (Phi) is 2.01. The van der Waals surface area contributed by atoms with Gasteiger partial charge in [0.2, 0.25) is 0 Å². The molecule has 1 aromatic rings. The van der Waals surface area contributed by atoms with Gasteiger partial charge in [0.25, 0.3) is 0 Å². The normalized spacial score (nSPS) is 27.0. The lowest BCUT2D eigenvalue weighted by Gasteiger charge is -2.01. The summed E-state index contributed by atoms with van der Waals surface area (Å²) in [6.45, 7) is 3.27. The Morgan fingerprint density at radius 1 is 1.43 bits per heavy atom. The number of hydrogen-bond donors (Lipinski definition) is 1. The van der Waals surface area contributed by atoms with E-state index in [1.807, 2.05) is 4.68 Å². The molecule has 0 aromatic carbocycles. The van der Waals surface area contributed by atoms with Gasteiger partial charge in [-0.2, -0.15) is 0 Å². The van der Waals surface area contributed by atoms with Crippen molar-refractivity contribution in [1.29, 1.82) is 0 Å². The molecular weight excluding hydrogens is 176 g/mol. The standard InChI is InChI=1S/C10H16N4/c1-2-8(1)6-14-7-10(12-13-14)9-3-4-11-5-9/h7-9,11H,1-6H2. The van der Waals surface area contributed by atoms with E-state index in [9.17, 15) is 0 Å². The molecule has 2 heterocycles. The van der Waals surface area contributed by atoms with Gasteiger partial charge in [0.15, 0.2) is 0 Å². The van der Waals surface area contributed by atoms with Gasteiger partial charge in [-0.25, -0.2) is 0 Å². The molecule has 0 amide bonds. The average molecular weight is 192 g/mol. The summed E-state index contributed by atoms with van der Waals surface area (Å²) in [7, 11) is 0. The summed E-state index contributed by atoms with van der Waals surface area (Å²) in [4.78, 5) is 0. The van der Waals surface area contributed by atoms with Crippen LogP contribution in [0.25, 0.3) is 0 Å². The van der Waals surface area contributed by atoms with Crippen molar-refractivity contribution in [1.82, 2.24) is 20.3 Å². The lowest BCUT2D eigenvalue weighted by molar-refractivity contribution is 0.544. The number of aromatic nitrogens is 3. The van der Waals surface area contributed by atoms with Crippen molar-refractivity contribution in [2.75, 3.05) is 13.1 Å². The fraction of sp³-hybridized carbons (Fsp3) is 0.800. The first-order valence-corrected chi connectivity index (χ1v) is 5.52. The first-order valence-electron chi connectivity index (χ1n) is 5.52. The molecule has 0 bridgehead atoms. The van der Waals surface area contributed by atoms with Crippen LogP contribution in [0.15, 0.2) is 6.20 Å². The second-order valence-electron chi connectivity index (χ2n) is 4.50. The van der Waals surface area contributed by atoms with Crippen LogP contribution in [0.2, 0.25) is 0 Å². The summed E-state index contributed by atoms with van der Waals surface area (Å²) in [5.74, 6) is 1.48. The van der Waals surface area contributed by atoms with Crippen LogP contribution in [-0.2, 0) is 6.54 Å². The summed E-state index contributed by atoms with van der Waals surface area (Å²) >= 11 is 0. The second-order valence-corrected chi connectivity index (χ2v) is 4.50. The third kappa shape index (κ3) is 1.66. The van der Waals surface area contributed by atoms with Gasteiger partial charge in [0, 0.05) is 25.2 Å². The van der Waals surface area contributed by atoms with Crippen LogP contribution in [0.5, 0.6) is 0 Å². The molecule has 1 aliphatic carbocycles. The Morgan fingerprint density at radius 3 is 3.07 bits per heavy atom. The molecule has 1 aromatic heterocycles. The van der Waals surface area contributed by atoms with Crippen molar-refractivity contribution >= 4 is 0 Å². The van der Waals surface area contributed by atoms with Crippen LogP contribution in [-0.4, -0.2) is 28.1 Å². The highest BCUT2D eigenvalue weighted by Crippen LogP contribution is 2.30. The van der Waals surface area contributed by atoms with Gasteiger partial charge >= 0.3 is 0 Å². The molecule has 1 saturated carbocycles. The number of nitrogens with one attached hydrogen (secondary N) is 1. The first-order chi connectivity index (χ1) is 6.92. The Balaban J connectivity index is 1.68.